The first-order chi connectivity index (χ1) is 13.5. The Balaban J connectivity index is 1.35. The summed E-state index contributed by atoms with van der Waals surface area (Å²) in [5.41, 5.74) is 2.09. The Bertz CT molecular complexity index is 1090. The Morgan fingerprint density at radius 3 is 3.11 bits per heavy atom. The maximum Gasteiger partial charge on any atom is 0.259 e. The molecule has 5 nitrogen and oxygen atoms in total. The average molecular weight is 434 g/mol. The van der Waals surface area contributed by atoms with Gasteiger partial charge in [-0.1, -0.05) is 23.7 Å². The molecule has 2 aromatic heterocycles. The van der Waals surface area contributed by atoms with Crippen molar-refractivity contribution in [2.75, 3.05) is 5.75 Å². The molecule has 1 amide bonds. The average Bonchev–Trinajstić information content (AvgIpc) is 3.22. The Kier molecular flexibility index (Phi) is 5.75. The second kappa shape index (κ2) is 8.27. The van der Waals surface area contributed by atoms with E-state index in [-0.39, 0.29) is 17.5 Å². The summed E-state index contributed by atoms with van der Waals surface area (Å²) in [5.74, 6) is 1.36. The van der Waals surface area contributed by atoms with Crippen LogP contribution in [0.15, 0.2) is 29.1 Å². The van der Waals surface area contributed by atoms with Crippen LogP contribution in [0.5, 0.6) is 0 Å². The number of thioether (sulfide) groups is 1. The van der Waals surface area contributed by atoms with E-state index in [0.717, 1.165) is 35.0 Å². The molecule has 0 bridgehead atoms. The van der Waals surface area contributed by atoms with Crippen molar-refractivity contribution in [1.29, 1.82) is 0 Å². The van der Waals surface area contributed by atoms with Crippen LogP contribution in [0.3, 0.4) is 0 Å². The molecule has 8 heteroatoms. The number of H-pyrrole nitrogens is 1. The van der Waals surface area contributed by atoms with Crippen molar-refractivity contribution in [2.45, 2.75) is 38.0 Å². The van der Waals surface area contributed by atoms with Gasteiger partial charge < -0.3 is 10.3 Å². The lowest BCUT2D eigenvalue weighted by Gasteiger charge is -2.14. The summed E-state index contributed by atoms with van der Waals surface area (Å²) in [7, 11) is 0. The summed E-state index contributed by atoms with van der Waals surface area (Å²) < 4.78 is 0. The molecule has 1 aliphatic rings. The van der Waals surface area contributed by atoms with Crippen LogP contribution in [-0.2, 0) is 23.4 Å². The van der Waals surface area contributed by atoms with Crippen molar-refractivity contribution in [1.82, 2.24) is 15.3 Å². The number of aryl methyl sites for hydroxylation is 2. The van der Waals surface area contributed by atoms with Crippen LogP contribution in [0.25, 0.3) is 10.2 Å². The lowest BCUT2D eigenvalue weighted by molar-refractivity contribution is -0.119. The van der Waals surface area contributed by atoms with Gasteiger partial charge >= 0.3 is 0 Å². The van der Waals surface area contributed by atoms with E-state index >= 15 is 0 Å². The molecule has 1 atom stereocenters. The highest BCUT2D eigenvalue weighted by Crippen LogP contribution is 2.34. The van der Waals surface area contributed by atoms with Crippen molar-refractivity contribution < 1.29 is 4.79 Å². The molecule has 4 rings (SSSR count). The highest BCUT2D eigenvalue weighted by molar-refractivity contribution is 7.99. The fourth-order valence-corrected chi connectivity index (χ4v) is 5.68. The number of carbonyl (C=O) groups is 1. The van der Waals surface area contributed by atoms with E-state index in [0.29, 0.717) is 22.4 Å². The molecule has 1 aliphatic carbocycles. The molecule has 0 saturated carbocycles. The lowest BCUT2D eigenvalue weighted by atomic mass is 10.1. The van der Waals surface area contributed by atoms with Crippen molar-refractivity contribution in [3.05, 3.63) is 61.5 Å². The number of nitrogens with one attached hydrogen (secondary N) is 2. The number of carbonyl (C=O) groups excluding carboxylic acids is 1. The van der Waals surface area contributed by atoms with Crippen molar-refractivity contribution in [3.8, 4) is 0 Å². The quantitative estimate of drug-likeness (QED) is 0.609. The maximum absolute atomic E-state index is 12.5. The Labute approximate surface area is 175 Å². The van der Waals surface area contributed by atoms with Crippen LogP contribution in [0.1, 0.15) is 41.2 Å². The van der Waals surface area contributed by atoms with Crippen molar-refractivity contribution >= 4 is 50.8 Å². The maximum atomic E-state index is 12.5. The van der Waals surface area contributed by atoms with Gasteiger partial charge in [0.2, 0.25) is 5.91 Å². The number of hydrogen-bond donors (Lipinski definition) is 2. The molecule has 1 aromatic carbocycles. The molecule has 0 saturated heterocycles. The van der Waals surface area contributed by atoms with Gasteiger partial charge in [-0.2, -0.15) is 0 Å². The van der Waals surface area contributed by atoms with E-state index in [1.165, 1.54) is 22.2 Å². The van der Waals surface area contributed by atoms with Crippen molar-refractivity contribution in [2.24, 2.45) is 0 Å². The molecule has 3 aromatic rings. The summed E-state index contributed by atoms with van der Waals surface area (Å²) >= 11 is 9.07. The van der Waals surface area contributed by atoms with E-state index < -0.39 is 0 Å². The molecule has 0 radical (unpaired) electrons. The molecule has 146 valence electrons. The number of aromatic amines is 1. The number of rotatable bonds is 6. The number of halogens is 1. The minimum atomic E-state index is -0.116. The summed E-state index contributed by atoms with van der Waals surface area (Å²) in [6.45, 7) is 1.93. The summed E-state index contributed by atoms with van der Waals surface area (Å²) in [6.07, 6.45) is 3.14. The number of hydrogen-bond acceptors (Lipinski definition) is 5. The third-order valence-corrected chi connectivity index (χ3v) is 7.19. The van der Waals surface area contributed by atoms with Gasteiger partial charge in [0.25, 0.3) is 5.56 Å². The predicted molar refractivity (Wildman–Crippen MR) is 116 cm³/mol. The Morgan fingerprint density at radius 1 is 1.43 bits per heavy atom. The van der Waals surface area contributed by atoms with Gasteiger partial charge in [0, 0.05) is 9.90 Å². The minimum absolute atomic E-state index is 0.0565. The van der Waals surface area contributed by atoms with Crippen LogP contribution in [0.2, 0.25) is 5.02 Å². The van der Waals surface area contributed by atoms with Crippen LogP contribution in [-0.4, -0.2) is 21.6 Å². The number of aromatic nitrogens is 2. The first-order valence-electron chi connectivity index (χ1n) is 9.17. The number of thiophene rings is 1. The smallest absolute Gasteiger partial charge is 0.259 e. The van der Waals surface area contributed by atoms with E-state index in [1.54, 1.807) is 11.3 Å². The van der Waals surface area contributed by atoms with Crippen LogP contribution >= 0.6 is 34.7 Å². The van der Waals surface area contributed by atoms with Gasteiger partial charge in [-0.15, -0.1) is 23.1 Å². The lowest BCUT2D eigenvalue weighted by Crippen LogP contribution is -2.28. The standard InChI is InChI=1S/C20H20ClN3O2S2/c1-11(12-4-2-5-13(21)8-12)22-17(25)10-27-9-16-23-19(26)18-14-6-3-7-15(14)28-20(18)24-16/h2,4-5,8,11H,3,6-7,9-10H2,1H3,(H,22,25)(H,23,24,26). The first kappa shape index (κ1) is 19.5. The summed E-state index contributed by atoms with van der Waals surface area (Å²) in [4.78, 5) is 34.3. The second-order valence-electron chi connectivity index (χ2n) is 6.89. The zero-order valence-corrected chi connectivity index (χ0v) is 17.8. The fourth-order valence-electron chi connectivity index (χ4n) is 3.50. The highest BCUT2D eigenvalue weighted by Gasteiger charge is 2.21. The van der Waals surface area contributed by atoms with E-state index in [2.05, 4.69) is 15.3 Å². The van der Waals surface area contributed by atoms with Crippen LogP contribution in [0, 0.1) is 0 Å². The van der Waals surface area contributed by atoms with Gasteiger partial charge in [0.1, 0.15) is 10.7 Å². The fraction of sp³-hybridized carbons (Fsp3) is 0.350. The third-order valence-electron chi connectivity index (χ3n) is 4.82. The van der Waals surface area contributed by atoms with E-state index in [9.17, 15) is 9.59 Å². The van der Waals surface area contributed by atoms with Gasteiger partial charge in [0.05, 0.1) is 22.9 Å². The highest BCUT2D eigenvalue weighted by atomic mass is 35.5. The molecule has 0 aliphatic heterocycles. The van der Waals surface area contributed by atoms with Crippen molar-refractivity contribution in [3.63, 3.8) is 0 Å². The molecular weight excluding hydrogens is 414 g/mol. The minimum Gasteiger partial charge on any atom is -0.349 e. The Hall–Kier alpha value is -1.83. The number of nitrogens with zero attached hydrogens (tertiary/aromatic N) is 1. The zero-order chi connectivity index (χ0) is 19.7. The molecule has 0 spiro atoms. The van der Waals surface area contributed by atoms with E-state index in [1.807, 2.05) is 31.2 Å². The van der Waals surface area contributed by atoms with Gasteiger partial charge in [-0.05, 0) is 49.4 Å². The number of benzene rings is 1. The topological polar surface area (TPSA) is 74.8 Å². The SMILES string of the molecule is CC(NC(=O)CSCc1nc2sc3c(c2c(=O)[nH]1)CCC3)c1cccc(Cl)c1. The molecule has 2 N–H and O–H groups in total. The molecule has 2 heterocycles. The summed E-state index contributed by atoms with van der Waals surface area (Å²) in [6, 6.07) is 7.35. The molecule has 1 unspecified atom stereocenters. The zero-order valence-electron chi connectivity index (χ0n) is 15.4. The van der Waals surface area contributed by atoms with Gasteiger partial charge in [-0.25, -0.2) is 4.98 Å². The first-order valence-corrected chi connectivity index (χ1v) is 11.5. The van der Waals surface area contributed by atoms with E-state index in [4.69, 9.17) is 11.6 Å². The largest absolute Gasteiger partial charge is 0.349 e. The van der Waals surface area contributed by atoms with Gasteiger partial charge in [-0.3, -0.25) is 9.59 Å². The molecular formula is C20H20ClN3O2S2. The number of fused-ring (bicyclic) bond motifs is 3. The number of amides is 1. The normalized spacial score (nSPS) is 14.2. The van der Waals surface area contributed by atoms with Crippen LogP contribution < -0.4 is 10.9 Å². The summed E-state index contributed by atoms with van der Waals surface area (Å²) in [5, 5.41) is 4.38. The third kappa shape index (κ3) is 4.11. The molecule has 28 heavy (non-hydrogen) atoms. The molecule has 0 fully saturated rings. The second-order valence-corrected chi connectivity index (χ2v) is 9.39. The monoisotopic (exact) mass is 433 g/mol. The Morgan fingerprint density at radius 2 is 2.29 bits per heavy atom. The predicted octanol–water partition coefficient (Wildman–Crippen LogP) is 4.24. The van der Waals surface area contributed by atoms with Crippen LogP contribution in [0.4, 0.5) is 0 Å². The van der Waals surface area contributed by atoms with Gasteiger partial charge in [0.15, 0.2) is 0 Å².